The van der Waals surface area contributed by atoms with Crippen molar-refractivity contribution in [1.29, 1.82) is 0 Å². The van der Waals surface area contributed by atoms with Crippen LogP contribution in [0.4, 0.5) is 5.82 Å². The van der Waals surface area contributed by atoms with Crippen LogP contribution in [-0.4, -0.2) is 83.5 Å². The molecule has 5 fully saturated rings. The van der Waals surface area contributed by atoms with E-state index in [1.165, 1.54) is 30.2 Å². The smallest absolute Gasteiger partial charge is 0.345 e. The van der Waals surface area contributed by atoms with Crippen LogP contribution in [0.3, 0.4) is 0 Å². The number of hydrogen-bond acceptors (Lipinski definition) is 11. The van der Waals surface area contributed by atoms with E-state index in [1.807, 2.05) is 0 Å². The fourth-order valence-corrected chi connectivity index (χ4v) is 11.0. The Labute approximate surface area is 235 Å². The van der Waals surface area contributed by atoms with Crippen LogP contribution in [0, 0.1) is 16.7 Å². The van der Waals surface area contributed by atoms with Crippen LogP contribution in [0.25, 0.3) is 11.2 Å². The van der Waals surface area contributed by atoms with E-state index in [0.717, 1.165) is 19.3 Å². The summed E-state index contributed by atoms with van der Waals surface area (Å²) >= 11 is 6.34. The predicted octanol–water partition coefficient (Wildman–Crippen LogP) is 2.31. The average molecular weight is 622 g/mol. The maximum atomic E-state index is 12.0. The van der Waals surface area contributed by atoms with Gasteiger partial charge in [0.15, 0.2) is 28.7 Å². The summed E-state index contributed by atoms with van der Waals surface area (Å²) in [5.74, 6) is 1.11. The van der Waals surface area contributed by atoms with Gasteiger partial charge in [0.1, 0.15) is 18.3 Å². The quantitative estimate of drug-likeness (QED) is 0.163. The van der Waals surface area contributed by atoms with Gasteiger partial charge in [-0.2, -0.15) is 18.4 Å². The standard InChI is InChI=1S/C23H33ClN5O9PS/c1-21-3-12-4-22(2,7-21)9-23(5-12,8-21)28-17-14-18(27-20(24)26-17)29(10-25-14)19-16(31)15(30)13(38-19)6-37-39(32,33)11-40(34,35)36/h10,12-13,15-16,19,30-31H,3-9,11H2,1-2H3,(H,32,33)(H,26,27,28)(H,34,35,36)/t12-,13-,15?,16?,19-,21+,22-,23-/m1/s1. The summed E-state index contributed by atoms with van der Waals surface area (Å²) in [5, 5.41) is 24.9. The number of aliphatic hydroxyl groups excluding tert-OH is 2. The van der Waals surface area contributed by atoms with Crippen LogP contribution >= 0.6 is 19.2 Å². The molecule has 40 heavy (non-hydrogen) atoms. The molecule has 5 aliphatic rings. The third-order valence-electron chi connectivity index (χ3n) is 8.78. The van der Waals surface area contributed by atoms with Gasteiger partial charge in [-0.05, 0) is 66.9 Å². The normalized spacial score (nSPS) is 40.5. The number of hydrogen-bond donors (Lipinski definition) is 5. The van der Waals surface area contributed by atoms with E-state index in [4.69, 9.17) is 25.4 Å². The van der Waals surface area contributed by atoms with Crippen LogP contribution in [0.15, 0.2) is 6.33 Å². The molecule has 9 atom stereocenters. The molecule has 5 N–H and O–H groups in total. The monoisotopic (exact) mass is 621 g/mol. The van der Waals surface area contributed by atoms with Gasteiger partial charge in [0.05, 0.1) is 12.9 Å². The highest BCUT2D eigenvalue weighted by Crippen LogP contribution is 2.67. The van der Waals surface area contributed by atoms with Gasteiger partial charge in [-0.25, -0.2) is 4.98 Å². The maximum absolute atomic E-state index is 12.0. The molecule has 4 saturated carbocycles. The van der Waals surface area contributed by atoms with Gasteiger partial charge >= 0.3 is 7.60 Å². The molecule has 17 heteroatoms. The molecule has 3 heterocycles. The summed E-state index contributed by atoms with van der Waals surface area (Å²) in [6.45, 7) is 4.01. The second kappa shape index (κ2) is 9.29. The molecule has 0 amide bonds. The van der Waals surface area contributed by atoms with Crippen LogP contribution in [-0.2, 0) is 23.9 Å². The molecule has 0 spiro atoms. The molecule has 0 aromatic carbocycles. The van der Waals surface area contributed by atoms with E-state index in [9.17, 15) is 28.1 Å². The van der Waals surface area contributed by atoms with Crippen molar-refractivity contribution in [2.45, 2.75) is 82.5 Å². The van der Waals surface area contributed by atoms with E-state index in [0.29, 0.717) is 17.3 Å². The highest BCUT2D eigenvalue weighted by molar-refractivity contribution is 7.92. The lowest BCUT2D eigenvalue weighted by Gasteiger charge is -2.65. The molecule has 2 aromatic heterocycles. The summed E-state index contributed by atoms with van der Waals surface area (Å²) in [6, 6.07) is 0. The first-order valence-corrected chi connectivity index (χ1v) is 16.8. The molecule has 1 aliphatic heterocycles. The number of ether oxygens (including phenoxy) is 1. The zero-order chi connectivity index (χ0) is 28.9. The highest BCUT2D eigenvalue weighted by Gasteiger charge is 2.60. The molecule has 3 unspecified atom stereocenters. The Morgan fingerprint density at radius 3 is 2.48 bits per heavy atom. The maximum Gasteiger partial charge on any atom is 0.345 e. The second-order valence-electron chi connectivity index (χ2n) is 12.9. The van der Waals surface area contributed by atoms with Crippen LogP contribution < -0.4 is 5.32 Å². The van der Waals surface area contributed by atoms with Crippen molar-refractivity contribution in [1.82, 2.24) is 19.5 Å². The van der Waals surface area contributed by atoms with Crippen LogP contribution in [0.2, 0.25) is 5.28 Å². The number of imidazole rings is 1. The molecule has 222 valence electrons. The molecule has 1 saturated heterocycles. The Morgan fingerprint density at radius 2 is 1.85 bits per heavy atom. The third-order valence-corrected chi connectivity index (χ3v) is 12.1. The van der Waals surface area contributed by atoms with Gasteiger partial charge in [-0.1, -0.05) is 13.8 Å². The van der Waals surface area contributed by atoms with E-state index in [2.05, 4.69) is 34.1 Å². The average Bonchev–Trinajstić information content (AvgIpc) is 3.29. The molecule has 2 aromatic rings. The zero-order valence-electron chi connectivity index (χ0n) is 22.0. The summed E-state index contributed by atoms with van der Waals surface area (Å²) in [7, 11) is -9.55. The number of nitrogens with one attached hydrogen (secondary N) is 1. The van der Waals surface area contributed by atoms with Crippen molar-refractivity contribution in [2.75, 3.05) is 17.4 Å². The molecule has 4 aliphatic carbocycles. The Hall–Kier alpha value is -1.42. The Balaban J connectivity index is 1.25. The first-order valence-electron chi connectivity index (χ1n) is 13.1. The first-order chi connectivity index (χ1) is 18.5. The Kier molecular flexibility index (Phi) is 6.66. The topological polar surface area (TPSA) is 206 Å². The van der Waals surface area contributed by atoms with Crippen LogP contribution in [0.1, 0.15) is 58.6 Å². The largest absolute Gasteiger partial charge is 0.387 e. The minimum Gasteiger partial charge on any atom is -0.387 e. The number of rotatable bonds is 8. The van der Waals surface area contributed by atoms with Gasteiger partial charge in [-0.15, -0.1) is 0 Å². The zero-order valence-corrected chi connectivity index (χ0v) is 24.4. The Morgan fingerprint density at radius 1 is 1.18 bits per heavy atom. The molecule has 7 rings (SSSR count). The van der Waals surface area contributed by atoms with Gasteiger partial charge in [-0.3, -0.25) is 13.7 Å². The van der Waals surface area contributed by atoms with Gasteiger partial charge in [0, 0.05) is 5.54 Å². The van der Waals surface area contributed by atoms with Gasteiger partial charge in [0.2, 0.25) is 5.28 Å². The number of fused-ring (bicyclic) bond motifs is 1. The number of aromatic nitrogens is 4. The number of nitrogens with zero attached hydrogens (tertiary/aromatic N) is 4. The minimum absolute atomic E-state index is 0.0433. The van der Waals surface area contributed by atoms with Gasteiger partial charge < -0.3 is 29.7 Å². The van der Waals surface area contributed by atoms with Crippen molar-refractivity contribution >= 4 is 46.3 Å². The fraction of sp³-hybridized carbons (Fsp3) is 0.783. The second-order valence-corrected chi connectivity index (χ2v) is 17.0. The van der Waals surface area contributed by atoms with E-state index < -0.39 is 54.4 Å². The molecule has 0 radical (unpaired) electrons. The molecule has 4 bridgehead atoms. The lowest BCUT2D eigenvalue weighted by molar-refractivity contribution is -0.0973. The molecular weight excluding hydrogens is 589 g/mol. The third kappa shape index (κ3) is 5.29. The SMILES string of the molecule is C[C@]12C[C@@H]3C[C@](C)(C1)C[C@@](Nc1nc(Cl)nc4c1ncn4[C@@H]1O[C@H](COP(=O)(O)CS(=O)(=O)O)C(O)C1O)(C3)C2. The van der Waals surface area contributed by atoms with Crippen LogP contribution in [0.5, 0.6) is 0 Å². The number of halogens is 1. The minimum atomic E-state index is -4.79. The highest BCUT2D eigenvalue weighted by atomic mass is 35.5. The molecular formula is C23H33ClN5O9PS. The van der Waals surface area contributed by atoms with Crippen molar-refractivity contribution in [3.8, 4) is 0 Å². The van der Waals surface area contributed by atoms with Crippen molar-refractivity contribution in [2.24, 2.45) is 16.7 Å². The number of aliphatic hydroxyl groups is 2. The lowest BCUT2D eigenvalue weighted by Crippen LogP contribution is -2.61. The van der Waals surface area contributed by atoms with Gasteiger partial charge in [0.25, 0.3) is 10.1 Å². The summed E-state index contributed by atoms with van der Waals surface area (Å²) in [5.41, 5.74) is -0.501. The lowest BCUT2D eigenvalue weighted by atomic mass is 9.43. The first kappa shape index (κ1) is 28.7. The Bertz CT molecular complexity index is 1490. The summed E-state index contributed by atoms with van der Waals surface area (Å²) < 4.78 is 54.6. The summed E-state index contributed by atoms with van der Waals surface area (Å²) in [4.78, 5) is 23.0. The van der Waals surface area contributed by atoms with E-state index >= 15 is 0 Å². The fourth-order valence-electron chi connectivity index (χ4n) is 8.53. The predicted molar refractivity (Wildman–Crippen MR) is 142 cm³/mol. The number of anilines is 1. The van der Waals surface area contributed by atoms with Crippen molar-refractivity contribution < 1.29 is 41.9 Å². The summed E-state index contributed by atoms with van der Waals surface area (Å²) in [6.07, 6.45) is 2.51. The van der Waals surface area contributed by atoms with Crippen molar-refractivity contribution in [3.05, 3.63) is 11.6 Å². The van der Waals surface area contributed by atoms with Crippen molar-refractivity contribution in [3.63, 3.8) is 0 Å². The molecule has 14 nitrogen and oxygen atoms in total. The van der Waals surface area contributed by atoms with E-state index in [-0.39, 0.29) is 27.3 Å². The van der Waals surface area contributed by atoms with E-state index in [1.54, 1.807) is 0 Å².